The first-order valence-corrected chi connectivity index (χ1v) is 6.96. The lowest BCUT2D eigenvalue weighted by Gasteiger charge is -2.38. The largest absolute Gasteiger partial charge is 0.352 e. The highest BCUT2D eigenvalue weighted by Crippen LogP contribution is 2.28. The Hall–Kier alpha value is -1.84. The minimum absolute atomic E-state index is 0.0120. The van der Waals surface area contributed by atoms with Crippen molar-refractivity contribution in [1.82, 2.24) is 10.2 Å². The molecule has 0 saturated carbocycles. The van der Waals surface area contributed by atoms with Crippen molar-refractivity contribution >= 4 is 11.8 Å². The Bertz CT molecular complexity index is 514. The highest BCUT2D eigenvalue weighted by molar-refractivity contribution is 5.91. The summed E-state index contributed by atoms with van der Waals surface area (Å²) in [7, 11) is 0. The Morgan fingerprint density at radius 2 is 1.85 bits per heavy atom. The van der Waals surface area contributed by atoms with Gasteiger partial charge in [-0.3, -0.25) is 9.59 Å². The van der Waals surface area contributed by atoms with Crippen molar-refractivity contribution in [3.05, 3.63) is 35.4 Å². The molecule has 1 aromatic carbocycles. The first-order chi connectivity index (χ1) is 9.30. The van der Waals surface area contributed by atoms with Crippen molar-refractivity contribution in [1.29, 1.82) is 0 Å². The van der Waals surface area contributed by atoms with Crippen molar-refractivity contribution in [3.8, 4) is 0 Å². The number of benzene rings is 1. The van der Waals surface area contributed by atoms with Crippen LogP contribution >= 0.6 is 0 Å². The fraction of sp³-hybridized carbons (Fsp3) is 0.500. The number of hydrogen-bond acceptors (Lipinski definition) is 2. The lowest BCUT2D eigenvalue weighted by molar-refractivity contribution is -0.149. The Kier molecular flexibility index (Phi) is 3.84. The van der Waals surface area contributed by atoms with Gasteiger partial charge < -0.3 is 10.2 Å². The molecule has 2 amide bonds. The first kappa shape index (κ1) is 14.6. The van der Waals surface area contributed by atoms with Gasteiger partial charge in [-0.25, -0.2) is 0 Å². The molecule has 1 aliphatic rings. The smallest absolute Gasteiger partial charge is 0.247 e. The molecule has 0 spiro atoms. The zero-order valence-corrected chi connectivity index (χ0v) is 12.6. The second-order valence-electron chi connectivity index (χ2n) is 6.35. The van der Waals surface area contributed by atoms with Gasteiger partial charge in [-0.2, -0.15) is 0 Å². The van der Waals surface area contributed by atoms with E-state index in [0.717, 1.165) is 11.1 Å². The molecule has 2 rings (SSSR count). The lowest BCUT2D eigenvalue weighted by atomic mass is 9.91. The van der Waals surface area contributed by atoms with Crippen LogP contribution in [-0.4, -0.2) is 29.8 Å². The highest BCUT2D eigenvalue weighted by atomic mass is 16.2. The third-order valence-electron chi connectivity index (χ3n) is 3.51. The van der Waals surface area contributed by atoms with E-state index < -0.39 is 11.5 Å². The van der Waals surface area contributed by atoms with E-state index in [1.54, 1.807) is 4.90 Å². The molecule has 0 aromatic heterocycles. The number of nitrogens with one attached hydrogen (secondary N) is 1. The highest BCUT2D eigenvalue weighted by Gasteiger charge is 2.38. The van der Waals surface area contributed by atoms with Crippen LogP contribution in [0.25, 0.3) is 0 Å². The number of carbonyl (C=O) groups is 2. The van der Waals surface area contributed by atoms with Gasteiger partial charge >= 0.3 is 0 Å². The molecule has 1 unspecified atom stereocenters. The minimum Gasteiger partial charge on any atom is -0.352 e. The second-order valence-corrected chi connectivity index (χ2v) is 6.35. The van der Waals surface area contributed by atoms with Gasteiger partial charge in [0.05, 0.1) is 0 Å². The van der Waals surface area contributed by atoms with Crippen molar-refractivity contribution in [3.63, 3.8) is 0 Å². The number of hydrogen-bond donors (Lipinski definition) is 1. The number of amides is 2. The summed E-state index contributed by atoms with van der Waals surface area (Å²) >= 11 is 0. The molecule has 0 radical (unpaired) electrons. The molecule has 4 heteroatoms. The molecular weight excluding hydrogens is 252 g/mol. The lowest BCUT2D eigenvalue weighted by Crippen LogP contribution is -2.54. The fourth-order valence-corrected chi connectivity index (χ4v) is 2.40. The molecule has 1 saturated heterocycles. The van der Waals surface area contributed by atoms with Gasteiger partial charge in [-0.05, 0) is 12.5 Å². The molecule has 1 N–H and O–H groups in total. The van der Waals surface area contributed by atoms with Crippen LogP contribution in [0, 0.1) is 12.3 Å². The summed E-state index contributed by atoms with van der Waals surface area (Å²) in [6, 6.07) is 7.27. The maximum absolute atomic E-state index is 12.6. The summed E-state index contributed by atoms with van der Waals surface area (Å²) < 4.78 is 0. The molecule has 1 aliphatic heterocycles. The van der Waals surface area contributed by atoms with E-state index in [-0.39, 0.29) is 11.8 Å². The molecule has 0 aliphatic carbocycles. The predicted molar refractivity (Wildman–Crippen MR) is 78.1 cm³/mol. The molecule has 0 bridgehead atoms. The Balaban J connectivity index is 2.36. The van der Waals surface area contributed by atoms with Crippen LogP contribution < -0.4 is 5.32 Å². The van der Waals surface area contributed by atoms with Gasteiger partial charge in [-0.15, -0.1) is 0 Å². The third-order valence-corrected chi connectivity index (χ3v) is 3.51. The maximum atomic E-state index is 12.6. The third kappa shape index (κ3) is 2.84. The summed E-state index contributed by atoms with van der Waals surface area (Å²) in [6.07, 6.45) is 0. The average molecular weight is 274 g/mol. The van der Waals surface area contributed by atoms with Gasteiger partial charge in [0.2, 0.25) is 11.8 Å². The van der Waals surface area contributed by atoms with Crippen LogP contribution in [0.1, 0.15) is 37.9 Å². The van der Waals surface area contributed by atoms with Crippen LogP contribution in [0.2, 0.25) is 0 Å². The number of rotatable bonds is 1. The zero-order valence-electron chi connectivity index (χ0n) is 12.6. The van der Waals surface area contributed by atoms with Crippen molar-refractivity contribution in [2.45, 2.75) is 33.7 Å². The summed E-state index contributed by atoms with van der Waals surface area (Å²) in [5, 5.41) is 2.85. The van der Waals surface area contributed by atoms with Crippen LogP contribution in [-0.2, 0) is 9.59 Å². The monoisotopic (exact) mass is 274 g/mol. The van der Waals surface area contributed by atoms with E-state index in [9.17, 15) is 9.59 Å². The summed E-state index contributed by atoms with van der Waals surface area (Å²) in [6.45, 7) is 8.72. The van der Waals surface area contributed by atoms with Crippen LogP contribution in [0.3, 0.4) is 0 Å². The zero-order chi connectivity index (χ0) is 14.9. The van der Waals surface area contributed by atoms with E-state index in [1.165, 1.54) is 0 Å². The molecule has 1 aromatic rings. The normalized spacial score (nSPS) is 19.7. The van der Waals surface area contributed by atoms with E-state index in [2.05, 4.69) is 5.32 Å². The maximum Gasteiger partial charge on any atom is 0.247 e. The quantitative estimate of drug-likeness (QED) is 0.852. The second kappa shape index (κ2) is 5.27. The fourth-order valence-electron chi connectivity index (χ4n) is 2.40. The predicted octanol–water partition coefficient (Wildman–Crippen LogP) is 2.04. The Morgan fingerprint density at radius 1 is 1.25 bits per heavy atom. The number of aryl methyl sites for hydroxylation is 1. The molecule has 1 fully saturated rings. The van der Waals surface area contributed by atoms with Gasteiger partial charge in [0.25, 0.3) is 0 Å². The van der Waals surface area contributed by atoms with Crippen molar-refractivity contribution in [2.24, 2.45) is 5.41 Å². The van der Waals surface area contributed by atoms with Crippen LogP contribution in [0.15, 0.2) is 24.3 Å². The Labute approximate surface area is 120 Å². The van der Waals surface area contributed by atoms with E-state index >= 15 is 0 Å². The van der Waals surface area contributed by atoms with E-state index in [1.807, 2.05) is 52.0 Å². The number of carbonyl (C=O) groups excluding carboxylic acids is 2. The molecular formula is C16H22N2O2. The van der Waals surface area contributed by atoms with Gasteiger partial charge in [-0.1, -0.05) is 50.6 Å². The molecule has 20 heavy (non-hydrogen) atoms. The summed E-state index contributed by atoms with van der Waals surface area (Å²) in [5.74, 6) is -0.0874. The molecule has 4 nitrogen and oxygen atoms in total. The van der Waals surface area contributed by atoms with Gasteiger partial charge in [0.15, 0.2) is 0 Å². The van der Waals surface area contributed by atoms with E-state index in [0.29, 0.717) is 13.1 Å². The van der Waals surface area contributed by atoms with Crippen molar-refractivity contribution in [2.75, 3.05) is 13.1 Å². The first-order valence-electron chi connectivity index (χ1n) is 6.96. The Morgan fingerprint density at radius 3 is 2.40 bits per heavy atom. The minimum atomic E-state index is -0.518. The van der Waals surface area contributed by atoms with Crippen molar-refractivity contribution < 1.29 is 9.59 Å². The SMILES string of the molecule is Cc1ccc(C2C(=O)NCCN2C(=O)C(C)(C)C)cc1. The summed E-state index contributed by atoms with van der Waals surface area (Å²) in [5.41, 5.74) is 1.52. The van der Waals surface area contributed by atoms with Gasteiger partial charge in [0.1, 0.15) is 6.04 Å². The van der Waals surface area contributed by atoms with Crippen LogP contribution in [0.4, 0.5) is 0 Å². The van der Waals surface area contributed by atoms with Gasteiger partial charge in [0, 0.05) is 18.5 Å². The molecule has 1 heterocycles. The molecule has 108 valence electrons. The number of piperazine rings is 1. The van der Waals surface area contributed by atoms with Crippen LogP contribution in [0.5, 0.6) is 0 Å². The average Bonchev–Trinajstić information content (AvgIpc) is 2.38. The summed E-state index contributed by atoms with van der Waals surface area (Å²) in [4.78, 5) is 26.5. The van der Waals surface area contributed by atoms with E-state index in [4.69, 9.17) is 0 Å². The molecule has 1 atom stereocenters. The number of nitrogens with zero attached hydrogens (tertiary/aromatic N) is 1. The standard InChI is InChI=1S/C16H22N2O2/c1-11-5-7-12(8-6-11)13-14(19)17-9-10-18(13)15(20)16(2,3)4/h5-8,13H,9-10H2,1-4H3,(H,17,19). The topological polar surface area (TPSA) is 49.4 Å².